The Morgan fingerprint density at radius 2 is 2.16 bits per heavy atom. The predicted octanol–water partition coefficient (Wildman–Crippen LogP) is 2.54. The minimum Gasteiger partial charge on any atom is -0.479 e. The molecule has 19 heavy (non-hydrogen) atoms. The van der Waals surface area contributed by atoms with Gasteiger partial charge < -0.3 is 4.74 Å². The smallest absolute Gasteiger partial charge is 0.241 e. The quantitative estimate of drug-likeness (QED) is 0.588. The fourth-order valence-corrected chi connectivity index (χ4v) is 1.74. The zero-order chi connectivity index (χ0) is 13.5. The summed E-state index contributed by atoms with van der Waals surface area (Å²) in [4.78, 5) is 4.21. The van der Waals surface area contributed by atoms with Gasteiger partial charge in [-0.1, -0.05) is 36.4 Å². The molecule has 2 aromatic rings. The van der Waals surface area contributed by atoms with Crippen LogP contribution in [0.5, 0.6) is 5.88 Å². The standard InChI is InChI=1S/C15H17N3O/c1-3-9-16-10-14-12-18(17-15(14)19-2)11-13-7-5-4-6-8-13/h3-8,10,12H,1,9,11H2,2H3. The molecule has 98 valence electrons. The molecule has 0 aliphatic heterocycles. The van der Waals surface area contributed by atoms with E-state index in [1.165, 1.54) is 5.56 Å². The average Bonchev–Trinajstić information content (AvgIpc) is 2.82. The molecule has 2 rings (SSSR count). The number of benzene rings is 1. The highest BCUT2D eigenvalue weighted by Gasteiger charge is 2.07. The van der Waals surface area contributed by atoms with Gasteiger partial charge in [-0.25, -0.2) is 0 Å². The molecule has 0 saturated carbocycles. The molecule has 1 aromatic carbocycles. The third-order valence-electron chi connectivity index (χ3n) is 2.60. The van der Waals surface area contributed by atoms with Crippen LogP contribution in [-0.4, -0.2) is 29.6 Å². The fourth-order valence-electron chi connectivity index (χ4n) is 1.74. The highest BCUT2D eigenvalue weighted by molar-refractivity contribution is 5.82. The van der Waals surface area contributed by atoms with Gasteiger partial charge in [0, 0.05) is 12.4 Å². The summed E-state index contributed by atoms with van der Waals surface area (Å²) < 4.78 is 7.10. The van der Waals surface area contributed by atoms with Gasteiger partial charge in [-0.05, 0) is 5.56 Å². The Kier molecular flexibility index (Phi) is 4.50. The van der Waals surface area contributed by atoms with Crippen molar-refractivity contribution >= 4 is 6.21 Å². The molecule has 0 spiro atoms. The maximum Gasteiger partial charge on any atom is 0.241 e. The second kappa shape index (κ2) is 6.54. The zero-order valence-electron chi connectivity index (χ0n) is 11.0. The first kappa shape index (κ1) is 13.1. The highest BCUT2D eigenvalue weighted by atomic mass is 16.5. The van der Waals surface area contributed by atoms with Gasteiger partial charge in [0.05, 0.1) is 25.8 Å². The van der Waals surface area contributed by atoms with Crippen molar-refractivity contribution in [3.63, 3.8) is 0 Å². The number of ether oxygens (including phenoxy) is 1. The number of nitrogens with zero attached hydrogens (tertiary/aromatic N) is 3. The normalized spacial score (nSPS) is 10.8. The Morgan fingerprint density at radius 1 is 1.37 bits per heavy atom. The minimum absolute atomic E-state index is 0.587. The molecule has 0 aliphatic carbocycles. The molecule has 0 radical (unpaired) electrons. The van der Waals surface area contributed by atoms with E-state index in [2.05, 4.69) is 28.8 Å². The first-order valence-electron chi connectivity index (χ1n) is 6.09. The van der Waals surface area contributed by atoms with E-state index in [9.17, 15) is 0 Å². The monoisotopic (exact) mass is 255 g/mol. The minimum atomic E-state index is 0.587. The number of rotatable bonds is 6. The van der Waals surface area contributed by atoms with Crippen LogP contribution in [0.3, 0.4) is 0 Å². The average molecular weight is 255 g/mol. The van der Waals surface area contributed by atoms with E-state index in [0.717, 1.165) is 5.56 Å². The summed E-state index contributed by atoms with van der Waals surface area (Å²) in [6.07, 6.45) is 5.44. The third-order valence-corrected chi connectivity index (χ3v) is 2.60. The van der Waals surface area contributed by atoms with E-state index in [4.69, 9.17) is 4.74 Å². The second-order valence-corrected chi connectivity index (χ2v) is 4.06. The number of hydrogen-bond acceptors (Lipinski definition) is 3. The van der Waals surface area contributed by atoms with Crippen molar-refractivity contribution in [1.82, 2.24) is 9.78 Å². The van der Waals surface area contributed by atoms with Gasteiger partial charge in [0.25, 0.3) is 0 Å². The van der Waals surface area contributed by atoms with Crippen LogP contribution in [0, 0.1) is 0 Å². The summed E-state index contributed by atoms with van der Waals surface area (Å²) in [6.45, 7) is 4.93. The SMILES string of the molecule is C=CCN=Cc1cn(Cc2ccccc2)nc1OC. The molecule has 0 atom stereocenters. The Morgan fingerprint density at radius 3 is 2.84 bits per heavy atom. The van der Waals surface area contributed by atoms with E-state index in [0.29, 0.717) is 19.0 Å². The summed E-state index contributed by atoms with van der Waals surface area (Å²) >= 11 is 0. The van der Waals surface area contributed by atoms with Crippen LogP contribution in [0.4, 0.5) is 0 Å². The van der Waals surface area contributed by atoms with Crippen molar-refractivity contribution in [2.45, 2.75) is 6.54 Å². The van der Waals surface area contributed by atoms with Crippen LogP contribution < -0.4 is 4.74 Å². The number of methoxy groups -OCH3 is 1. The van der Waals surface area contributed by atoms with Crippen LogP contribution in [0.25, 0.3) is 0 Å². The van der Waals surface area contributed by atoms with Crippen LogP contribution in [-0.2, 0) is 6.54 Å². The largest absolute Gasteiger partial charge is 0.479 e. The lowest BCUT2D eigenvalue weighted by Crippen LogP contribution is -2.00. The van der Waals surface area contributed by atoms with Gasteiger partial charge in [-0.2, -0.15) is 0 Å². The highest BCUT2D eigenvalue weighted by Crippen LogP contribution is 2.14. The molecular formula is C15H17N3O. The summed E-state index contributed by atoms with van der Waals surface area (Å²) in [5.41, 5.74) is 2.07. The second-order valence-electron chi connectivity index (χ2n) is 4.06. The molecule has 0 aliphatic rings. The van der Waals surface area contributed by atoms with Crippen molar-refractivity contribution in [2.24, 2.45) is 4.99 Å². The summed E-state index contributed by atoms with van der Waals surface area (Å²) in [5.74, 6) is 0.587. The van der Waals surface area contributed by atoms with Crippen LogP contribution in [0.2, 0.25) is 0 Å². The molecule has 0 N–H and O–H groups in total. The Hall–Kier alpha value is -2.36. The van der Waals surface area contributed by atoms with Crippen molar-refractivity contribution in [3.05, 3.63) is 60.3 Å². The maximum absolute atomic E-state index is 5.25. The third kappa shape index (κ3) is 3.55. The van der Waals surface area contributed by atoms with E-state index in [1.807, 2.05) is 29.1 Å². The van der Waals surface area contributed by atoms with Gasteiger partial charge in [0.2, 0.25) is 5.88 Å². The Bertz CT molecular complexity index is 558. The number of aromatic nitrogens is 2. The van der Waals surface area contributed by atoms with Gasteiger partial charge >= 0.3 is 0 Å². The van der Waals surface area contributed by atoms with Gasteiger partial charge in [-0.15, -0.1) is 11.7 Å². The van der Waals surface area contributed by atoms with Gasteiger partial charge in [-0.3, -0.25) is 9.67 Å². The first-order valence-corrected chi connectivity index (χ1v) is 6.09. The lowest BCUT2D eigenvalue weighted by molar-refractivity contribution is 0.389. The van der Waals surface area contributed by atoms with Crippen molar-refractivity contribution in [1.29, 1.82) is 0 Å². The van der Waals surface area contributed by atoms with E-state index in [-0.39, 0.29) is 0 Å². The Balaban J connectivity index is 2.16. The van der Waals surface area contributed by atoms with Crippen LogP contribution in [0.15, 0.2) is 54.2 Å². The molecule has 4 heteroatoms. The lowest BCUT2D eigenvalue weighted by atomic mass is 10.2. The number of hydrogen-bond donors (Lipinski definition) is 0. The zero-order valence-corrected chi connectivity index (χ0v) is 11.0. The van der Waals surface area contributed by atoms with Crippen molar-refractivity contribution < 1.29 is 4.74 Å². The van der Waals surface area contributed by atoms with E-state index in [1.54, 1.807) is 19.4 Å². The van der Waals surface area contributed by atoms with Gasteiger partial charge in [0.15, 0.2) is 0 Å². The number of aliphatic imine (C=N–C) groups is 1. The summed E-state index contributed by atoms with van der Waals surface area (Å²) in [6, 6.07) is 10.2. The van der Waals surface area contributed by atoms with Crippen LogP contribution in [0.1, 0.15) is 11.1 Å². The first-order chi connectivity index (χ1) is 9.33. The molecule has 0 amide bonds. The van der Waals surface area contributed by atoms with E-state index >= 15 is 0 Å². The van der Waals surface area contributed by atoms with Crippen molar-refractivity contribution in [2.75, 3.05) is 13.7 Å². The maximum atomic E-state index is 5.25. The molecule has 4 nitrogen and oxygen atoms in total. The van der Waals surface area contributed by atoms with E-state index < -0.39 is 0 Å². The topological polar surface area (TPSA) is 39.4 Å². The summed E-state index contributed by atoms with van der Waals surface area (Å²) in [5, 5.41) is 4.38. The Labute approximate surface area is 113 Å². The van der Waals surface area contributed by atoms with Crippen LogP contribution >= 0.6 is 0 Å². The molecule has 0 saturated heterocycles. The van der Waals surface area contributed by atoms with Gasteiger partial charge in [0.1, 0.15) is 0 Å². The molecule has 0 unspecified atom stereocenters. The molecule has 0 bridgehead atoms. The van der Waals surface area contributed by atoms with Crippen molar-refractivity contribution in [3.8, 4) is 5.88 Å². The molecular weight excluding hydrogens is 238 g/mol. The predicted molar refractivity (Wildman–Crippen MR) is 77.0 cm³/mol. The fraction of sp³-hybridized carbons (Fsp3) is 0.200. The molecule has 1 heterocycles. The molecule has 0 fully saturated rings. The molecule has 1 aromatic heterocycles. The summed E-state index contributed by atoms with van der Waals surface area (Å²) in [7, 11) is 1.61. The lowest BCUT2D eigenvalue weighted by Gasteiger charge is -2.00.